The molecule has 11 aromatic carbocycles. The highest BCUT2D eigenvalue weighted by molar-refractivity contribution is 6.08. The standard InChI is InChI=1S/C60H41N/c1-3-12-42(13-4-1)49-18-11-19-50(40-49)43-24-32-53(33-25-43)61(54-34-26-44(27-35-54)51-31-38-57-52(41-51)23-22-46-16-7-9-20-56(46)57)55-36-28-48(29-37-55)60-58-21-10-8-17-47(58)30-39-59(60)45-14-5-2-6-15-45/h1-41H/i24D,25D,26D,27D,32D,33D,34D,35D. The van der Waals surface area contributed by atoms with E-state index in [4.69, 9.17) is 0 Å². The summed E-state index contributed by atoms with van der Waals surface area (Å²) in [6, 6.07) is 61.9. The summed E-state index contributed by atoms with van der Waals surface area (Å²) in [5, 5.41) is 6.11. The molecular weight excluding hydrogens is 735 g/mol. The van der Waals surface area contributed by atoms with E-state index in [9.17, 15) is 11.0 Å². The third-order valence-corrected chi connectivity index (χ3v) is 11.4. The molecule has 0 fully saturated rings. The topological polar surface area (TPSA) is 3.24 Å². The Balaban J connectivity index is 1.12. The van der Waals surface area contributed by atoms with E-state index in [0.29, 0.717) is 16.8 Å². The number of rotatable bonds is 8. The Morgan fingerprint density at radius 2 is 0.738 bits per heavy atom. The van der Waals surface area contributed by atoms with Gasteiger partial charge in [-0.3, -0.25) is 0 Å². The van der Waals surface area contributed by atoms with Crippen molar-refractivity contribution < 1.29 is 11.0 Å². The lowest BCUT2D eigenvalue weighted by Crippen LogP contribution is -2.09. The molecule has 1 heteroatoms. The van der Waals surface area contributed by atoms with E-state index in [1.165, 1.54) is 4.90 Å². The number of fused-ring (bicyclic) bond motifs is 4. The van der Waals surface area contributed by atoms with Crippen LogP contribution in [0.15, 0.2) is 249 Å². The molecule has 286 valence electrons. The molecule has 0 unspecified atom stereocenters. The van der Waals surface area contributed by atoms with Gasteiger partial charge in [0.05, 0.1) is 11.0 Å². The first-order chi connectivity index (χ1) is 33.6. The van der Waals surface area contributed by atoms with Gasteiger partial charge in [0, 0.05) is 17.1 Å². The summed E-state index contributed by atoms with van der Waals surface area (Å²) in [6.07, 6.45) is 0. The number of benzene rings is 11. The molecule has 11 rings (SSSR count). The number of nitrogens with zero attached hydrogens (tertiary/aromatic N) is 1. The third kappa shape index (κ3) is 6.93. The van der Waals surface area contributed by atoms with Crippen LogP contribution in [0.25, 0.3) is 88.0 Å². The molecule has 0 radical (unpaired) electrons. The van der Waals surface area contributed by atoms with Crippen LogP contribution in [0.3, 0.4) is 0 Å². The van der Waals surface area contributed by atoms with Gasteiger partial charge < -0.3 is 4.90 Å². The first kappa shape index (κ1) is 28.4. The highest BCUT2D eigenvalue weighted by Crippen LogP contribution is 2.42. The second-order valence-electron chi connectivity index (χ2n) is 15.1. The summed E-state index contributed by atoms with van der Waals surface area (Å²) in [5.41, 5.74) is 6.81. The molecule has 0 heterocycles. The fourth-order valence-electron chi connectivity index (χ4n) is 8.37. The van der Waals surface area contributed by atoms with Crippen LogP contribution < -0.4 is 4.90 Å². The molecule has 0 spiro atoms. The Labute approximate surface area is 368 Å². The van der Waals surface area contributed by atoms with Crippen LogP contribution in [-0.2, 0) is 0 Å². The second-order valence-corrected chi connectivity index (χ2v) is 15.1. The molecule has 0 atom stereocenters. The number of hydrogen-bond donors (Lipinski definition) is 0. The van der Waals surface area contributed by atoms with Gasteiger partial charge in [0.2, 0.25) is 0 Å². The van der Waals surface area contributed by atoms with Crippen molar-refractivity contribution in [2.45, 2.75) is 0 Å². The van der Waals surface area contributed by atoms with Crippen molar-refractivity contribution in [3.05, 3.63) is 249 Å². The van der Waals surface area contributed by atoms with Crippen molar-refractivity contribution in [3.63, 3.8) is 0 Å². The molecule has 0 aliphatic rings. The minimum Gasteiger partial charge on any atom is -0.311 e. The highest BCUT2D eigenvalue weighted by Gasteiger charge is 2.17. The lowest BCUT2D eigenvalue weighted by atomic mass is 9.89. The van der Waals surface area contributed by atoms with Crippen molar-refractivity contribution in [2.24, 2.45) is 0 Å². The van der Waals surface area contributed by atoms with Gasteiger partial charge >= 0.3 is 0 Å². The quantitative estimate of drug-likeness (QED) is 0.139. The zero-order chi connectivity index (χ0) is 47.5. The Morgan fingerprint density at radius 1 is 0.262 bits per heavy atom. The van der Waals surface area contributed by atoms with Crippen molar-refractivity contribution in [3.8, 4) is 55.6 Å². The van der Waals surface area contributed by atoms with Crippen LogP contribution in [0.4, 0.5) is 17.1 Å². The summed E-state index contributed by atoms with van der Waals surface area (Å²) >= 11 is 0. The van der Waals surface area contributed by atoms with E-state index >= 15 is 0 Å². The number of hydrogen-bond acceptors (Lipinski definition) is 1. The Morgan fingerprint density at radius 3 is 1.41 bits per heavy atom. The maximum absolute atomic E-state index is 9.70. The van der Waals surface area contributed by atoms with Crippen LogP contribution in [0, 0.1) is 0 Å². The van der Waals surface area contributed by atoms with Gasteiger partial charge in [0.15, 0.2) is 0 Å². The predicted octanol–water partition coefficient (Wildman–Crippen LogP) is 17.0. The monoisotopic (exact) mass is 783 g/mol. The summed E-state index contributed by atoms with van der Waals surface area (Å²) < 4.78 is 76.8. The van der Waals surface area contributed by atoms with Crippen LogP contribution in [0.5, 0.6) is 0 Å². The van der Waals surface area contributed by atoms with E-state index in [-0.39, 0.29) is 46.7 Å². The van der Waals surface area contributed by atoms with Crippen LogP contribution in [-0.4, -0.2) is 0 Å². The molecule has 0 saturated carbocycles. The summed E-state index contributed by atoms with van der Waals surface area (Å²) in [6.45, 7) is 0. The maximum atomic E-state index is 9.70. The van der Waals surface area contributed by atoms with Crippen molar-refractivity contribution in [1.29, 1.82) is 0 Å². The molecule has 0 aliphatic heterocycles. The van der Waals surface area contributed by atoms with Crippen LogP contribution in [0.1, 0.15) is 11.0 Å². The lowest BCUT2D eigenvalue weighted by Gasteiger charge is -2.26. The smallest absolute Gasteiger partial charge is 0.0645 e. The lowest BCUT2D eigenvalue weighted by molar-refractivity contribution is 1.28. The van der Waals surface area contributed by atoms with Crippen molar-refractivity contribution >= 4 is 49.4 Å². The first-order valence-electron chi connectivity index (χ1n) is 24.3. The Bertz CT molecular complexity index is 3760. The molecule has 0 saturated heterocycles. The molecular formula is C60H41N. The molecule has 11 aromatic rings. The van der Waals surface area contributed by atoms with E-state index in [0.717, 1.165) is 65.7 Å². The minimum atomic E-state index is -0.400. The fourth-order valence-corrected chi connectivity index (χ4v) is 8.37. The molecule has 0 bridgehead atoms. The second kappa shape index (κ2) is 15.6. The number of anilines is 3. The van der Waals surface area contributed by atoms with E-state index in [1.54, 1.807) is 18.2 Å². The Hall–Kier alpha value is -8.00. The largest absolute Gasteiger partial charge is 0.311 e. The first-order valence-corrected chi connectivity index (χ1v) is 20.3. The summed E-state index contributed by atoms with van der Waals surface area (Å²) in [5.74, 6) is 0. The van der Waals surface area contributed by atoms with Gasteiger partial charge in [-0.2, -0.15) is 0 Å². The predicted molar refractivity (Wildman–Crippen MR) is 261 cm³/mol. The van der Waals surface area contributed by atoms with Gasteiger partial charge in [0.1, 0.15) is 0 Å². The molecule has 1 nitrogen and oxygen atoms in total. The summed E-state index contributed by atoms with van der Waals surface area (Å²) in [4.78, 5) is 1.37. The average molecular weight is 784 g/mol. The van der Waals surface area contributed by atoms with E-state index in [1.807, 2.05) is 146 Å². The van der Waals surface area contributed by atoms with Crippen LogP contribution in [0.2, 0.25) is 0 Å². The molecule has 0 amide bonds. The fraction of sp³-hybridized carbons (Fsp3) is 0. The van der Waals surface area contributed by atoms with Gasteiger partial charge in [-0.05, 0) is 136 Å². The van der Waals surface area contributed by atoms with Crippen LogP contribution >= 0.6 is 0 Å². The minimum absolute atomic E-state index is 0.102. The zero-order valence-electron chi connectivity index (χ0n) is 41.0. The SMILES string of the molecule is [2H]c1c([2H])c(N(c2ccc(-c3c(-c4ccccc4)ccc4ccccc34)cc2)c2c([2H])c([2H])c(-c3ccc4c(ccc5ccccc54)c3)c([2H])c2[2H])c([2H])c([2H])c1-c1cccc(-c2ccccc2)c1. The highest BCUT2D eigenvalue weighted by atomic mass is 15.1. The zero-order valence-corrected chi connectivity index (χ0v) is 33.0. The van der Waals surface area contributed by atoms with Gasteiger partial charge in [-0.1, -0.05) is 200 Å². The normalized spacial score (nSPS) is 13.1. The summed E-state index contributed by atoms with van der Waals surface area (Å²) in [7, 11) is 0. The van der Waals surface area contributed by atoms with Gasteiger partial charge in [0.25, 0.3) is 0 Å². The molecule has 61 heavy (non-hydrogen) atoms. The van der Waals surface area contributed by atoms with Crippen molar-refractivity contribution in [2.75, 3.05) is 4.90 Å². The van der Waals surface area contributed by atoms with E-state index in [2.05, 4.69) is 36.4 Å². The third-order valence-electron chi connectivity index (χ3n) is 11.4. The molecule has 0 aromatic heterocycles. The van der Waals surface area contributed by atoms with Gasteiger partial charge in [-0.15, -0.1) is 0 Å². The van der Waals surface area contributed by atoms with E-state index < -0.39 is 24.2 Å². The Kier molecular flexibility index (Phi) is 7.29. The maximum Gasteiger partial charge on any atom is 0.0645 e. The molecule has 0 N–H and O–H groups in total. The molecule has 0 aliphatic carbocycles. The average Bonchev–Trinajstić information content (AvgIpc) is 3.39. The van der Waals surface area contributed by atoms with Crippen molar-refractivity contribution in [1.82, 2.24) is 0 Å². The van der Waals surface area contributed by atoms with Gasteiger partial charge in [-0.25, -0.2) is 0 Å².